The average molecular weight is 381 g/mol. The van der Waals surface area contributed by atoms with Crippen molar-refractivity contribution in [3.8, 4) is 0 Å². The number of anilines is 1. The van der Waals surface area contributed by atoms with Gasteiger partial charge in [-0.15, -0.1) is 0 Å². The molecule has 26 heavy (non-hydrogen) atoms. The molecule has 1 aromatic rings. The van der Waals surface area contributed by atoms with Gasteiger partial charge in [-0.2, -0.15) is 0 Å². The van der Waals surface area contributed by atoms with Gasteiger partial charge in [0.1, 0.15) is 0 Å². The first-order valence-electron chi connectivity index (χ1n) is 8.90. The van der Waals surface area contributed by atoms with Crippen molar-refractivity contribution in [2.45, 2.75) is 45.1 Å². The number of rotatable bonds is 7. The minimum atomic E-state index is -3.54. The molecule has 2 amide bonds. The normalized spacial score (nSPS) is 15.3. The van der Waals surface area contributed by atoms with Crippen LogP contribution in [0.25, 0.3) is 0 Å². The first-order chi connectivity index (χ1) is 12.3. The zero-order valence-corrected chi connectivity index (χ0v) is 16.1. The number of hydrogen-bond acceptors (Lipinski definition) is 4. The van der Waals surface area contributed by atoms with Crippen molar-refractivity contribution in [3.05, 3.63) is 29.8 Å². The maximum atomic E-state index is 12.1. The second kappa shape index (κ2) is 9.02. The summed E-state index contributed by atoms with van der Waals surface area (Å²) in [5.41, 5.74) is 0.855. The van der Waals surface area contributed by atoms with Gasteiger partial charge in [0.15, 0.2) is 5.78 Å². The Kier molecular flexibility index (Phi) is 7.02. The highest BCUT2D eigenvalue weighted by molar-refractivity contribution is 7.92. The fourth-order valence-corrected chi connectivity index (χ4v) is 4.04. The standard InChI is InChI=1S/C18H27N3O4S/c1-14(22)15-7-6-10-17(13-15)21(26(2,24)25)12-11-19-18(23)20-16-8-4-3-5-9-16/h6-7,10,13,16H,3-5,8-9,11-12H2,1-2H3,(H2,19,20,23). The molecule has 144 valence electrons. The van der Waals surface area contributed by atoms with Crippen LogP contribution in [0.3, 0.4) is 0 Å². The minimum absolute atomic E-state index is 0.0955. The molecule has 1 fully saturated rings. The highest BCUT2D eigenvalue weighted by Crippen LogP contribution is 2.19. The quantitative estimate of drug-likeness (QED) is 0.708. The van der Waals surface area contributed by atoms with E-state index in [9.17, 15) is 18.0 Å². The molecule has 1 aromatic carbocycles. The number of carbonyl (C=O) groups is 2. The Labute approximate surface area is 155 Å². The number of benzene rings is 1. The number of sulfonamides is 1. The number of ketones is 1. The topological polar surface area (TPSA) is 95.6 Å². The number of carbonyl (C=O) groups excluding carboxylic acids is 2. The highest BCUT2D eigenvalue weighted by atomic mass is 32.2. The molecule has 0 spiro atoms. The van der Waals surface area contributed by atoms with E-state index in [1.807, 2.05) is 0 Å². The molecule has 1 aliphatic carbocycles. The van der Waals surface area contributed by atoms with Gasteiger partial charge in [0, 0.05) is 18.2 Å². The maximum Gasteiger partial charge on any atom is 0.315 e. The van der Waals surface area contributed by atoms with E-state index in [-0.39, 0.29) is 30.9 Å². The van der Waals surface area contributed by atoms with Crippen molar-refractivity contribution < 1.29 is 18.0 Å². The van der Waals surface area contributed by atoms with Crippen molar-refractivity contribution >= 4 is 27.5 Å². The van der Waals surface area contributed by atoms with Gasteiger partial charge in [0.2, 0.25) is 10.0 Å². The second-order valence-electron chi connectivity index (χ2n) is 6.68. The molecule has 0 aliphatic heterocycles. The zero-order valence-electron chi connectivity index (χ0n) is 15.3. The van der Waals surface area contributed by atoms with E-state index in [2.05, 4.69) is 10.6 Å². The summed E-state index contributed by atoms with van der Waals surface area (Å²) in [5, 5.41) is 5.65. The van der Waals surface area contributed by atoms with Crippen LogP contribution in [-0.2, 0) is 10.0 Å². The van der Waals surface area contributed by atoms with Crippen LogP contribution in [0.5, 0.6) is 0 Å². The predicted octanol–water partition coefficient (Wildman–Crippen LogP) is 2.29. The lowest BCUT2D eigenvalue weighted by molar-refractivity contribution is 0.101. The molecule has 1 saturated carbocycles. The molecule has 8 heteroatoms. The average Bonchev–Trinajstić information content (AvgIpc) is 2.58. The summed E-state index contributed by atoms with van der Waals surface area (Å²) < 4.78 is 25.4. The monoisotopic (exact) mass is 381 g/mol. The van der Waals surface area contributed by atoms with Crippen molar-refractivity contribution in [2.24, 2.45) is 0 Å². The van der Waals surface area contributed by atoms with Crippen molar-refractivity contribution in [1.29, 1.82) is 0 Å². The molecule has 0 heterocycles. The molecule has 0 atom stereocenters. The molecular weight excluding hydrogens is 354 g/mol. The molecule has 1 aliphatic rings. The van der Waals surface area contributed by atoms with Gasteiger partial charge in [0.05, 0.1) is 18.5 Å². The first-order valence-corrected chi connectivity index (χ1v) is 10.8. The van der Waals surface area contributed by atoms with Crippen LogP contribution in [0.15, 0.2) is 24.3 Å². The first kappa shape index (κ1) is 20.2. The van der Waals surface area contributed by atoms with Crippen LogP contribution in [0.4, 0.5) is 10.5 Å². The Hall–Kier alpha value is -2.09. The fourth-order valence-electron chi connectivity index (χ4n) is 3.12. The summed E-state index contributed by atoms with van der Waals surface area (Å²) in [6, 6.07) is 6.39. The van der Waals surface area contributed by atoms with Gasteiger partial charge in [-0.25, -0.2) is 13.2 Å². The Morgan fingerprint density at radius 3 is 2.50 bits per heavy atom. The summed E-state index contributed by atoms with van der Waals surface area (Å²) in [6.45, 7) is 1.70. The van der Waals surface area contributed by atoms with Gasteiger partial charge < -0.3 is 10.6 Å². The van der Waals surface area contributed by atoms with E-state index in [1.165, 1.54) is 17.6 Å². The van der Waals surface area contributed by atoms with E-state index in [0.29, 0.717) is 11.3 Å². The Bertz CT molecular complexity index is 743. The molecule has 0 aromatic heterocycles. The van der Waals surface area contributed by atoms with E-state index >= 15 is 0 Å². The lowest BCUT2D eigenvalue weighted by Crippen LogP contribution is -2.45. The van der Waals surface area contributed by atoms with Crippen molar-refractivity contribution in [3.63, 3.8) is 0 Å². The Morgan fingerprint density at radius 2 is 1.88 bits per heavy atom. The molecule has 0 saturated heterocycles. The number of urea groups is 1. The van der Waals surface area contributed by atoms with Crippen LogP contribution < -0.4 is 14.9 Å². The summed E-state index contributed by atoms with van der Waals surface area (Å²) in [6.07, 6.45) is 6.54. The summed E-state index contributed by atoms with van der Waals surface area (Å²) in [5.74, 6) is -0.134. The smallest absolute Gasteiger partial charge is 0.315 e. The van der Waals surface area contributed by atoms with E-state index in [0.717, 1.165) is 31.9 Å². The number of Topliss-reactive ketones (excluding diaryl/α,β-unsaturated/α-hetero) is 1. The lowest BCUT2D eigenvalue weighted by Gasteiger charge is -2.25. The van der Waals surface area contributed by atoms with Crippen LogP contribution in [0, 0.1) is 0 Å². The summed E-state index contributed by atoms with van der Waals surface area (Å²) in [7, 11) is -3.54. The molecular formula is C18H27N3O4S. The molecule has 0 radical (unpaired) electrons. The minimum Gasteiger partial charge on any atom is -0.336 e. The van der Waals surface area contributed by atoms with Crippen molar-refractivity contribution in [2.75, 3.05) is 23.7 Å². The number of hydrogen-bond donors (Lipinski definition) is 2. The third-order valence-electron chi connectivity index (χ3n) is 4.48. The SMILES string of the molecule is CC(=O)c1cccc(N(CCNC(=O)NC2CCCCC2)S(C)(=O)=O)c1. The van der Waals surface area contributed by atoms with Crippen LogP contribution in [-0.4, -0.2) is 45.6 Å². The van der Waals surface area contributed by atoms with Gasteiger partial charge in [0.25, 0.3) is 0 Å². The molecule has 0 bridgehead atoms. The van der Waals surface area contributed by atoms with E-state index < -0.39 is 10.0 Å². The second-order valence-corrected chi connectivity index (χ2v) is 8.58. The van der Waals surface area contributed by atoms with Gasteiger partial charge >= 0.3 is 6.03 Å². The number of amides is 2. The Morgan fingerprint density at radius 1 is 1.19 bits per heavy atom. The van der Waals surface area contributed by atoms with Gasteiger partial charge in [-0.1, -0.05) is 31.4 Å². The number of nitrogens with zero attached hydrogens (tertiary/aromatic N) is 1. The lowest BCUT2D eigenvalue weighted by atomic mass is 9.96. The van der Waals surface area contributed by atoms with E-state index in [1.54, 1.807) is 24.3 Å². The third-order valence-corrected chi connectivity index (χ3v) is 5.68. The Balaban J connectivity index is 1.95. The summed E-state index contributed by atoms with van der Waals surface area (Å²) >= 11 is 0. The van der Waals surface area contributed by atoms with Crippen molar-refractivity contribution in [1.82, 2.24) is 10.6 Å². The fraction of sp³-hybridized carbons (Fsp3) is 0.556. The van der Waals surface area contributed by atoms with Gasteiger partial charge in [-0.05, 0) is 31.9 Å². The number of nitrogens with one attached hydrogen (secondary N) is 2. The van der Waals surface area contributed by atoms with Crippen LogP contribution in [0.1, 0.15) is 49.4 Å². The maximum absolute atomic E-state index is 12.1. The van der Waals surface area contributed by atoms with Crippen LogP contribution >= 0.6 is 0 Å². The highest BCUT2D eigenvalue weighted by Gasteiger charge is 2.19. The molecule has 7 nitrogen and oxygen atoms in total. The molecule has 0 unspecified atom stereocenters. The molecule has 2 N–H and O–H groups in total. The van der Waals surface area contributed by atoms with Crippen LogP contribution in [0.2, 0.25) is 0 Å². The predicted molar refractivity (Wildman–Crippen MR) is 102 cm³/mol. The van der Waals surface area contributed by atoms with Gasteiger partial charge in [-0.3, -0.25) is 9.10 Å². The third kappa shape index (κ3) is 6.01. The summed E-state index contributed by atoms with van der Waals surface area (Å²) in [4.78, 5) is 23.5. The largest absolute Gasteiger partial charge is 0.336 e. The van der Waals surface area contributed by atoms with E-state index in [4.69, 9.17) is 0 Å². The zero-order chi connectivity index (χ0) is 19.2. The molecule has 2 rings (SSSR count).